The number of carbonyl (C=O) groups excluding carboxylic acids is 2. The van der Waals surface area contributed by atoms with E-state index in [9.17, 15) is 22.4 Å². The predicted octanol–water partition coefficient (Wildman–Crippen LogP) is 5.66. The number of rotatable bonds is 9. The van der Waals surface area contributed by atoms with Gasteiger partial charge >= 0.3 is 0 Å². The normalized spacial score (nSPS) is 12.5. The molecule has 39 heavy (non-hydrogen) atoms. The molecule has 0 saturated carbocycles. The van der Waals surface area contributed by atoms with Crippen LogP contribution in [0.2, 0.25) is 10.0 Å². The summed E-state index contributed by atoms with van der Waals surface area (Å²) in [5, 5.41) is 3.06. The average molecular weight is 595 g/mol. The van der Waals surface area contributed by atoms with Crippen molar-refractivity contribution in [3.8, 4) is 0 Å². The average Bonchev–Trinajstić information content (AvgIpc) is 2.87. The molecule has 1 atom stereocenters. The van der Waals surface area contributed by atoms with Crippen LogP contribution in [0.4, 0.5) is 10.1 Å². The lowest BCUT2D eigenvalue weighted by Crippen LogP contribution is -2.54. The van der Waals surface area contributed by atoms with Crippen molar-refractivity contribution in [2.75, 3.05) is 10.8 Å². The quantitative estimate of drug-likeness (QED) is 0.347. The summed E-state index contributed by atoms with van der Waals surface area (Å²) in [4.78, 5) is 28.2. The summed E-state index contributed by atoms with van der Waals surface area (Å²) in [7, 11) is -4.28. The van der Waals surface area contributed by atoms with Crippen molar-refractivity contribution in [2.45, 2.75) is 50.7 Å². The lowest BCUT2D eigenvalue weighted by Gasteiger charge is -2.33. The summed E-state index contributed by atoms with van der Waals surface area (Å²) in [5.74, 6) is -1.80. The molecule has 208 valence electrons. The van der Waals surface area contributed by atoms with Crippen molar-refractivity contribution in [3.05, 3.63) is 94.2 Å². The van der Waals surface area contributed by atoms with Crippen LogP contribution in [0.5, 0.6) is 0 Å². The maximum Gasteiger partial charge on any atom is 0.264 e. The molecule has 2 amide bonds. The van der Waals surface area contributed by atoms with Crippen LogP contribution < -0.4 is 9.62 Å². The lowest BCUT2D eigenvalue weighted by molar-refractivity contribution is -0.140. The monoisotopic (exact) mass is 593 g/mol. The zero-order valence-corrected chi connectivity index (χ0v) is 24.3. The molecule has 3 aromatic rings. The van der Waals surface area contributed by atoms with E-state index in [4.69, 9.17) is 23.2 Å². The first-order chi connectivity index (χ1) is 18.2. The number of nitrogens with zero attached hydrogens (tertiary/aromatic N) is 2. The van der Waals surface area contributed by atoms with Gasteiger partial charge in [-0.15, -0.1) is 0 Å². The highest BCUT2D eigenvalue weighted by Crippen LogP contribution is 2.28. The number of carbonyl (C=O) groups is 2. The molecule has 0 heterocycles. The van der Waals surface area contributed by atoms with Crippen LogP contribution in [0.25, 0.3) is 0 Å². The van der Waals surface area contributed by atoms with Gasteiger partial charge in [0.2, 0.25) is 11.8 Å². The standard InChI is InChI=1S/C28H30Cl2FN3O4S/c1-19(27(36)32-28(2,3)4)33(17-20-10-12-21(29)13-11-20)26(35)18-34(22-14-15-25(31)24(30)16-22)39(37,38)23-8-6-5-7-9-23/h5-16,19H,17-18H2,1-4H3,(H,32,36)/t19-/m0/s1. The van der Waals surface area contributed by atoms with Crippen molar-refractivity contribution < 1.29 is 22.4 Å². The third-order valence-corrected chi connectivity index (χ3v) is 8.06. The Morgan fingerprint density at radius 3 is 2.15 bits per heavy atom. The predicted molar refractivity (Wildman–Crippen MR) is 152 cm³/mol. The largest absolute Gasteiger partial charge is 0.350 e. The van der Waals surface area contributed by atoms with E-state index in [1.54, 1.807) is 49.4 Å². The lowest BCUT2D eigenvalue weighted by atomic mass is 10.1. The second-order valence-electron chi connectivity index (χ2n) is 9.99. The summed E-state index contributed by atoms with van der Waals surface area (Å²) in [6, 6.07) is 16.7. The van der Waals surface area contributed by atoms with Crippen LogP contribution in [0, 0.1) is 5.82 Å². The molecule has 3 rings (SSSR count). The van der Waals surface area contributed by atoms with Crippen LogP contribution in [0.1, 0.15) is 33.3 Å². The Kier molecular flexibility index (Phi) is 9.64. The first-order valence-corrected chi connectivity index (χ1v) is 14.3. The number of hydrogen-bond donors (Lipinski definition) is 1. The van der Waals surface area contributed by atoms with Gasteiger partial charge in [0.15, 0.2) is 0 Å². The first-order valence-electron chi connectivity index (χ1n) is 12.1. The number of benzene rings is 3. The van der Waals surface area contributed by atoms with E-state index in [0.717, 1.165) is 16.4 Å². The molecule has 0 fully saturated rings. The number of hydrogen-bond acceptors (Lipinski definition) is 4. The Morgan fingerprint density at radius 2 is 1.59 bits per heavy atom. The molecule has 0 bridgehead atoms. The first kappa shape index (κ1) is 30.4. The van der Waals surface area contributed by atoms with Gasteiger partial charge < -0.3 is 10.2 Å². The minimum absolute atomic E-state index is 0.00292. The van der Waals surface area contributed by atoms with Gasteiger partial charge in [0.25, 0.3) is 10.0 Å². The molecule has 0 aliphatic heterocycles. The maximum absolute atomic E-state index is 13.9. The summed E-state index contributed by atoms with van der Waals surface area (Å²) < 4.78 is 42.2. The second kappa shape index (κ2) is 12.4. The molecule has 0 unspecified atom stereocenters. The third kappa shape index (κ3) is 7.94. The summed E-state index contributed by atoms with van der Waals surface area (Å²) in [6.45, 7) is 6.36. The molecular formula is C28H30Cl2FN3O4S. The molecule has 0 spiro atoms. The highest BCUT2D eigenvalue weighted by molar-refractivity contribution is 7.92. The van der Waals surface area contributed by atoms with E-state index in [1.807, 2.05) is 20.8 Å². The molecule has 1 N–H and O–H groups in total. The van der Waals surface area contributed by atoms with E-state index in [2.05, 4.69) is 5.32 Å². The number of amides is 2. The van der Waals surface area contributed by atoms with Crippen LogP contribution in [0.3, 0.4) is 0 Å². The minimum Gasteiger partial charge on any atom is -0.350 e. The van der Waals surface area contributed by atoms with Gasteiger partial charge in [-0.1, -0.05) is 53.5 Å². The number of anilines is 1. The maximum atomic E-state index is 13.9. The van der Waals surface area contributed by atoms with Gasteiger partial charge in [-0.3, -0.25) is 13.9 Å². The Balaban J connectivity index is 2.04. The Hall–Kier alpha value is -3.14. The molecule has 0 radical (unpaired) electrons. The van der Waals surface area contributed by atoms with Crippen LogP contribution in [0.15, 0.2) is 77.7 Å². The number of halogens is 3. The number of nitrogens with one attached hydrogen (secondary N) is 1. The highest BCUT2D eigenvalue weighted by atomic mass is 35.5. The van der Waals surface area contributed by atoms with Crippen molar-refractivity contribution in [1.82, 2.24) is 10.2 Å². The van der Waals surface area contributed by atoms with Gasteiger partial charge in [0.05, 0.1) is 15.6 Å². The number of sulfonamides is 1. The fourth-order valence-electron chi connectivity index (χ4n) is 3.73. The summed E-state index contributed by atoms with van der Waals surface area (Å²) in [5.41, 5.74) is 0.121. The van der Waals surface area contributed by atoms with Crippen LogP contribution >= 0.6 is 23.2 Å². The van der Waals surface area contributed by atoms with Gasteiger partial charge in [-0.25, -0.2) is 12.8 Å². The SMILES string of the molecule is C[C@@H](C(=O)NC(C)(C)C)N(Cc1ccc(Cl)cc1)C(=O)CN(c1ccc(F)c(Cl)c1)S(=O)(=O)c1ccccc1. The van der Waals surface area contributed by atoms with Crippen molar-refractivity contribution in [3.63, 3.8) is 0 Å². The Labute approximate surface area is 238 Å². The van der Waals surface area contributed by atoms with Gasteiger partial charge in [0.1, 0.15) is 18.4 Å². The van der Waals surface area contributed by atoms with E-state index in [0.29, 0.717) is 10.6 Å². The molecule has 0 aliphatic carbocycles. The second-order valence-corrected chi connectivity index (χ2v) is 12.7. The fraction of sp³-hybridized carbons (Fsp3) is 0.286. The summed E-state index contributed by atoms with van der Waals surface area (Å²) in [6.07, 6.45) is 0. The molecule has 0 saturated heterocycles. The van der Waals surface area contributed by atoms with Gasteiger partial charge in [-0.05, 0) is 75.7 Å². The Bertz CT molecular complexity index is 1430. The third-order valence-electron chi connectivity index (χ3n) is 5.73. The van der Waals surface area contributed by atoms with E-state index in [1.165, 1.54) is 23.1 Å². The van der Waals surface area contributed by atoms with E-state index < -0.39 is 45.8 Å². The van der Waals surface area contributed by atoms with E-state index in [-0.39, 0.29) is 22.2 Å². The molecule has 0 aromatic heterocycles. The van der Waals surface area contributed by atoms with Crippen LogP contribution in [-0.4, -0.2) is 43.3 Å². The fourth-order valence-corrected chi connectivity index (χ4v) is 5.46. The highest BCUT2D eigenvalue weighted by Gasteiger charge is 2.33. The molecule has 11 heteroatoms. The minimum atomic E-state index is -4.28. The van der Waals surface area contributed by atoms with Gasteiger partial charge in [0, 0.05) is 17.1 Å². The molecule has 3 aromatic carbocycles. The van der Waals surface area contributed by atoms with E-state index >= 15 is 0 Å². The zero-order valence-electron chi connectivity index (χ0n) is 22.0. The Morgan fingerprint density at radius 1 is 0.974 bits per heavy atom. The molecule has 7 nitrogen and oxygen atoms in total. The topological polar surface area (TPSA) is 86.8 Å². The van der Waals surface area contributed by atoms with Crippen molar-refractivity contribution >= 4 is 50.7 Å². The smallest absolute Gasteiger partial charge is 0.264 e. The molecular weight excluding hydrogens is 564 g/mol. The summed E-state index contributed by atoms with van der Waals surface area (Å²) >= 11 is 12.0. The van der Waals surface area contributed by atoms with Crippen molar-refractivity contribution in [2.24, 2.45) is 0 Å². The van der Waals surface area contributed by atoms with Gasteiger partial charge in [-0.2, -0.15) is 0 Å². The zero-order chi connectivity index (χ0) is 29.0. The molecule has 0 aliphatic rings. The van der Waals surface area contributed by atoms with Crippen LogP contribution in [-0.2, 0) is 26.2 Å². The van der Waals surface area contributed by atoms with Crippen molar-refractivity contribution in [1.29, 1.82) is 0 Å².